The van der Waals surface area contributed by atoms with Gasteiger partial charge >= 0.3 is 5.97 Å². The third-order valence-electron chi connectivity index (χ3n) is 3.37. The summed E-state index contributed by atoms with van der Waals surface area (Å²) < 4.78 is 6.23. The summed E-state index contributed by atoms with van der Waals surface area (Å²) in [5.41, 5.74) is 0.407. The Balaban J connectivity index is 2.14. The number of H-pyrrole nitrogens is 1. The summed E-state index contributed by atoms with van der Waals surface area (Å²) in [6.07, 6.45) is 7.33. The first-order chi connectivity index (χ1) is 8.22. The van der Waals surface area contributed by atoms with E-state index in [-0.39, 0.29) is 24.0 Å². The second-order valence-corrected chi connectivity index (χ2v) is 4.52. The smallest absolute Gasteiger partial charge is 0.310 e. The number of nitrogens with zero attached hydrogens (tertiary/aromatic N) is 1. The van der Waals surface area contributed by atoms with E-state index in [1.807, 2.05) is 0 Å². The lowest BCUT2D eigenvalue weighted by atomic mass is 9.96. The molecule has 1 heterocycles. The molecule has 0 aromatic carbocycles. The first-order valence-corrected chi connectivity index (χ1v) is 6.08. The third kappa shape index (κ3) is 2.60. The van der Waals surface area contributed by atoms with Crippen LogP contribution in [-0.2, 0) is 16.0 Å². The van der Waals surface area contributed by atoms with Crippen molar-refractivity contribution in [3.05, 3.63) is 22.1 Å². The number of esters is 1. The van der Waals surface area contributed by atoms with E-state index in [4.69, 9.17) is 0 Å². The molecular weight excluding hydrogens is 220 g/mol. The Morgan fingerprint density at radius 2 is 2.18 bits per heavy atom. The molecule has 5 nitrogen and oxygen atoms in total. The SMILES string of the molecule is COC(=O)Cc1c[nH]n(C2CCCCC2)c1=O. The predicted octanol–water partition coefficient (Wildman–Crippen LogP) is 1.40. The van der Waals surface area contributed by atoms with Crippen molar-refractivity contribution in [1.29, 1.82) is 0 Å². The van der Waals surface area contributed by atoms with E-state index in [0.29, 0.717) is 5.56 Å². The largest absolute Gasteiger partial charge is 0.469 e. The first-order valence-electron chi connectivity index (χ1n) is 6.08. The Morgan fingerprint density at radius 1 is 1.47 bits per heavy atom. The second kappa shape index (κ2) is 5.21. The number of rotatable bonds is 3. The van der Waals surface area contributed by atoms with Gasteiger partial charge in [0.1, 0.15) is 0 Å². The van der Waals surface area contributed by atoms with Gasteiger partial charge in [0.15, 0.2) is 0 Å². The lowest BCUT2D eigenvalue weighted by Crippen LogP contribution is -2.26. The van der Waals surface area contributed by atoms with Gasteiger partial charge in [0, 0.05) is 11.8 Å². The average molecular weight is 238 g/mol. The topological polar surface area (TPSA) is 64.1 Å². The van der Waals surface area contributed by atoms with E-state index in [1.165, 1.54) is 26.4 Å². The van der Waals surface area contributed by atoms with Gasteiger partial charge in [0.25, 0.3) is 5.56 Å². The van der Waals surface area contributed by atoms with E-state index in [9.17, 15) is 9.59 Å². The Labute approximate surface area is 99.8 Å². The van der Waals surface area contributed by atoms with Gasteiger partial charge in [0.2, 0.25) is 0 Å². The zero-order chi connectivity index (χ0) is 12.3. The molecule has 0 amide bonds. The van der Waals surface area contributed by atoms with Crippen LogP contribution >= 0.6 is 0 Å². The Bertz CT molecular complexity index is 441. The summed E-state index contributed by atoms with van der Waals surface area (Å²) in [5, 5.41) is 2.97. The van der Waals surface area contributed by atoms with Crippen LogP contribution in [0.2, 0.25) is 0 Å². The molecule has 94 valence electrons. The zero-order valence-corrected chi connectivity index (χ0v) is 10.1. The molecule has 0 aliphatic heterocycles. The molecule has 1 fully saturated rings. The summed E-state index contributed by atoms with van der Waals surface area (Å²) in [4.78, 5) is 23.2. The molecule has 0 radical (unpaired) electrons. The van der Waals surface area contributed by atoms with Gasteiger partial charge in [-0.1, -0.05) is 19.3 Å². The molecule has 1 saturated carbocycles. The Morgan fingerprint density at radius 3 is 2.82 bits per heavy atom. The van der Waals surface area contributed by atoms with Crippen LogP contribution < -0.4 is 5.56 Å². The van der Waals surface area contributed by atoms with Crippen LogP contribution in [0.15, 0.2) is 11.0 Å². The third-order valence-corrected chi connectivity index (χ3v) is 3.37. The molecule has 0 unspecified atom stereocenters. The minimum atomic E-state index is -0.378. The molecule has 0 spiro atoms. The van der Waals surface area contributed by atoms with Crippen LogP contribution in [-0.4, -0.2) is 22.9 Å². The van der Waals surface area contributed by atoms with Crippen molar-refractivity contribution in [2.24, 2.45) is 0 Å². The maximum atomic E-state index is 12.0. The zero-order valence-electron chi connectivity index (χ0n) is 10.1. The number of nitrogens with one attached hydrogen (secondary N) is 1. The van der Waals surface area contributed by atoms with Gasteiger partial charge in [-0.3, -0.25) is 9.59 Å². The molecule has 0 bridgehead atoms. The molecule has 0 atom stereocenters. The van der Waals surface area contributed by atoms with Crippen molar-refractivity contribution in [2.75, 3.05) is 7.11 Å². The fraction of sp³-hybridized carbons (Fsp3) is 0.667. The minimum absolute atomic E-state index is 0.0472. The number of aromatic amines is 1. The van der Waals surface area contributed by atoms with E-state index < -0.39 is 0 Å². The molecule has 17 heavy (non-hydrogen) atoms. The second-order valence-electron chi connectivity index (χ2n) is 4.52. The van der Waals surface area contributed by atoms with E-state index in [1.54, 1.807) is 10.9 Å². The molecule has 1 aromatic rings. The monoisotopic (exact) mass is 238 g/mol. The highest BCUT2D eigenvalue weighted by atomic mass is 16.5. The summed E-state index contributed by atoms with van der Waals surface area (Å²) in [6, 6.07) is 0.266. The maximum absolute atomic E-state index is 12.0. The summed E-state index contributed by atoms with van der Waals surface area (Å²) in [7, 11) is 1.33. The standard InChI is InChI=1S/C12H18N2O3/c1-17-11(15)7-9-8-13-14(12(9)16)10-5-3-2-4-6-10/h8,10,13H,2-7H2,1H3. The van der Waals surface area contributed by atoms with Crippen molar-refractivity contribution in [3.63, 3.8) is 0 Å². The Hall–Kier alpha value is -1.52. The normalized spacial score (nSPS) is 17.0. The maximum Gasteiger partial charge on any atom is 0.310 e. The average Bonchev–Trinajstić information content (AvgIpc) is 2.72. The lowest BCUT2D eigenvalue weighted by Gasteiger charge is -2.21. The van der Waals surface area contributed by atoms with Gasteiger partial charge in [-0.2, -0.15) is 0 Å². The van der Waals surface area contributed by atoms with Crippen LogP contribution in [0.5, 0.6) is 0 Å². The lowest BCUT2D eigenvalue weighted by molar-refractivity contribution is -0.139. The molecular formula is C12H18N2O3. The van der Waals surface area contributed by atoms with Crippen LogP contribution in [0.4, 0.5) is 0 Å². The predicted molar refractivity (Wildman–Crippen MR) is 62.9 cm³/mol. The molecule has 5 heteroatoms. The van der Waals surface area contributed by atoms with Crippen LogP contribution in [0.25, 0.3) is 0 Å². The van der Waals surface area contributed by atoms with Gasteiger partial charge in [-0.05, 0) is 12.8 Å². The fourth-order valence-electron chi connectivity index (χ4n) is 2.39. The quantitative estimate of drug-likeness (QED) is 0.809. The molecule has 1 aliphatic carbocycles. The van der Waals surface area contributed by atoms with Crippen molar-refractivity contribution in [2.45, 2.75) is 44.6 Å². The number of hydrogen-bond acceptors (Lipinski definition) is 3. The summed E-state index contributed by atoms with van der Waals surface area (Å²) >= 11 is 0. The number of aromatic nitrogens is 2. The Kier molecular flexibility index (Phi) is 3.66. The van der Waals surface area contributed by atoms with E-state index in [0.717, 1.165) is 12.8 Å². The van der Waals surface area contributed by atoms with Crippen molar-refractivity contribution in [3.8, 4) is 0 Å². The van der Waals surface area contributed by atoms with Gasteiger partial charge < -0.3 is 9.84 Å². The highest BCUT2D eigenvalue weighted by Crippen LogP contribution is 2.26. The van der Waals surface area contributed by atoms with E-state index in [2.05, 4.69) is 9.84 Å². The minimum Gasteiger partial charge on any atom is -0.469 e. The van der Waals surface area contributed by atoms with Gasteiger partial charge in [0.05, 0.1) is 19.6 Å². The fourth-order valence-corrected chi connectivity index (χ4v) is 2.39. The number of hydrogen-bond donors (Lipinski definition) is 1. The summed E-state index contributed by atoms with van der Waals surface area (Å²) in [6.45, 7) is 0. The molecule has 2 rings (SSSR count). The van der Waals surface area contributed by atoms with Gasteiger partial charge in [-0.25, -0.2) is 4.68 Å². The number of methoxy groups -OCH3 is 1. The highest BCUT2D eigenvalue weighted by Gasteiger charge is 2.19. The molecule has 1 N–H and O–H groups in total. The summed E-state index contributed by atoms with van der Waals surface area (Å²) in [5.74, 6) is -0.378. The van der Waals surface area contributed by atoms with Crippen LogP contribution in [0.1, 0.15) is 43.7 Å². The van der Waals surface area contributed by atoms with Crippen molar-refractivity contribution < 1.29 is 9.53 Å². The number of carbonyl (C=O) groups excluding carboxylic acids is 1. The van der Waals surface area contributed by atoms with Crippen molar-refractivity contribution >= 4 is 5.97 Å². The molecule has 1 aliphatic rings. The van der Waals surface area contributed by atoms with Crippen molar-refractivity contribution in [1.82, 2.24) is 9.78 Å². The highest BCUT2D eigenvalue weighted by molar-refractivity contribution is 5.72. The first kappa shape index (κ1) is 12.0. The number of ether oxygens (including phenoxy) is 1. The molecule has 1 aromatic heterocycles. The molecule has 0 saturated heterocycles. The van der Waals surface area contributed by atoms with Gasteiger partial charge in [-0.15, -0.1) is 0 Å². The number of carbonyl (C=O) groups is 1. The van der Waals surface area contributed by atoms with Crippen LogP contribution in [0.3, 0.4) is 0 Å². The van der Waals surface area contributed by atoms with Crippen LogP contribution in [0, 0.1) is 0 Å². The van der Waals surface area contributed by atoms with E-state index >= 15 is 0 Å².